The van der Waals surface area contributed by atoms with E-state index in [1.54, 1.807) is 0 Å². The molecule has 1 aliphatic heterocycles. The molecule has 0 unspecified atom stereocenters. The molecule has 4 nitrogen and oxygen atoms in total. The Hall–Kier alpha value is -1.84. The predicted octanol–water partition coefficient (Wildman–Crippen LogP) is 3.48. The minimum Gasteiger partial charge on any atom is -0.351 e. The van der Waals surface area contributed by atoms with E-state index in [4.69, 9.17) is 0 Å². The number of hydrogen-bond donors (Lipinski definition) is 2. The summed E-state index contributed by atoms with van der Waals surface area (Å²) in [7, 11) is 0. The van der Waals surface area contributed by atoms with E-state index in [-0.39, 0.29) is 23.9 Å². The summed E-state index contributed by atoms with van der Waals surface area (Å²) in [5.74, 6) is 1.15. The van der Waals surface area contributed by atoms with E-state index < -0.39 is 0 Å². The molecule has 25 heavy (non-hydrogen) atoms. The van der Waals surface area contributed by atoms with Crippen molar-refractivity contribution in [3.8, 4) is 0 Å². The number of fused-ring (bicyclic) bond motifs is 2. The van der Waals surface area contributed by atoms with E-state index in [0.29, 0.717) is 24.7 Å². The molecule has 0 aromatic heterocycles. The number of amides is 2. The van der Waals surface area contributed by atoms with Crippen LogP contribution in [0.2, 0.25) is 0 Å². The molecular weight excluding hydrogens is 312 g/mol. The van der Waals surface area contributed by atoms with Crippen molar-refractivity contribution in [2.75, 3.05) is 0 Å². The normalized spacial score (nSPS) is 33.9. The van der Waals surface area contributed by atoms with Gasteiger partial charge in [0.2, 0.25) is 11.8 Å². The Balaban J connectivity index is 1.36. The van der Waals surface area contributed by atoms with Crippen LogP contribution in [0, 0.1) is 11.3 Å². The van der Waals surface area contributed by atoms with Crippen LogP contribution in [0.4, 0.5) is 0 Å². The van der Waals surface area contributed by atoms with Gasteiger partial charge in [0.05, 0.1) is 12.1 Å². The first-order valence-electron chi connectivity index (χ1n) is 9.77. The summed E-state index contributed by atoms with van der Waals surface area (Å²) >= 11 is 0. The maximum Gasteiger partial charge on any atom is 0.220 e. The summed E-state index contributed by atoms with van der Waals surface area (Å²) in [6.45, 7) is 0. The fourth-order valence-electron chi connectivity index (χ4n) is 5.25. The Kier molecular flexibility index (Phi) is 4.53. The predicted molar refractivity (Wildman–Crippen MR) is 96.7 cm³/mol. The summed E-state index contributed by atoms with van der Waals surface area (Å²) in [5.41, 5.74) is 1.52. The van der Waals surface area contributed by atoms with Gasteiger partial charge in [-0.1, -0.05) is 30.3 Å². The molecule has 134 valence electrons. The largest absolute Gasteiger partial charge is 0.351 e. The van der Waals surface area contributed by atoms with Crippen molar-refractivity contribution in [2.24, 2.45) is 11.3 Å². The van der Waals surface area contributed by atoms with Crippen LogP contribution in [0.25, 0.3) is 0 Å². The monoisotopic (exact) mass is 340 g/mol. The Morgan fingerprint density at radius 3 is 2.60 bits per heavy atom. The van der Waals surface area contributed by atoms with Crippen molar-refractivity contribution in [1.82, 2.24) is 10.6 Å². The van der Waals surface area contributed by atoms with E-state index >= 15 is 0 Å². The molecule has 2 amide bonds. The van der Waals surface area contributed by atoms with Gasteiger partial charge in [-0.3, -0.25) is 9.59 Å². The SMILES string of the molecule is O=C(CCC12CCC(CC1)C2)N[C@@H]1CCC(=O)N[C@H]1c1ccccc1. The van der Waals surface area contributed by atoms with E-state index in [0.717, 1.165) is 17.9 Å². The minimum absolute atomic E-state index is 0.00926. The third-order valence-electron chi connectivity index (χ3n) is 6.68. The van der Waals surface area contributed by atoms with Gasteiger partial charge in [-0.15, -0.1) is 0 Å². The van der Waals surface area contributed by atoms with Crippen molar-refractivity contribution >= 4 is 11.8 Å². The van der Waals surface area contributed by atoms with Crippen LogP contribution in [0.3, 0.4) is 0 Å². The first kappa shape index (κ1) is 16.6. The zero-order valence-electron chi connectivity index (χ0n) is 14.8. The van der Waals surface area contributed by atoms with E-state index in [1.165, 1.54) is 32.1 Å². The van der Waals surface area contributed by atoms with Crippen molar-refractivity contribution in [1.29, 1.82) is 0 Å². The molecule has 0 spiro atoms. The van der Waals surface area contributed by atoms with Crippen LogP contribution in [-0.4, -0.2) is 17.9 Å². The number of piperidine rings is 1. The molecule has 2 atom stereocenters. The molecule has 2 aliphatic carbocycles. The maximum atomic E-state index is 12.6. The Morgan fingerprint density at radius 2 is 1.92 bits per heavy atom. The van der Waals surface area contributed by atoms with Crippen LogP contribution in [0.5, 0.6) is 0 Å². The molecule has 4 heteroatoms. The fraction of sp³-hybridized carbons (Fsp3) is 0.619. The summed E-state index contributed by atoms with van der Waals surface area (Å²) in [5, 5.41) is 6.27. The van der Waals surface area contributed by atoms with Gasteiger partial charge in [0.1, 0.15) is 0 Å². The van der Waals surface area contributed by atoms with Gasteiger partial charge >= 0.3 is 0 Å². The van der Waals surface area contributed by atoms with E-state index in [2.05, 4.69) is 10.6 Å². The highest BCUT2D eigenvalue weighted by Crippen LogP contribution is 2.56. The number of carbonyl (C=O) groups excluding carboxylic acids is 2. The zero-order chi connectivity index (χ0) is 17.3. The van der Waals surface area contributed by atoms with Crippen molar-refractivity contribution < 1.29 is 9.59 Å². The van der Waals surface area contributed by atoms with Gasteiger partial charge in [0.15, 0.2) is 0 Å². The molecular formula is C21H28N2O2. The molecule has 1 aromatic rings. The highest BCUT2D eigenvalue weighted by molar-refractivity contribution is 5.79. The van der Waals surface area contributed by atoms with Gasteiger partial charge in [-0.25, -0.2) is 0 Å². The van der Waals surface area contributed by atoms with Crippen LogP contribution in [0.1, 0.15) is 69.4 Å². The molecule has 3 aliphatic rings. The lowest BCUT2D eigenvalue weighted by Crippen LogP contribution is -2.50. The van der Waals surface area contributed by atoms with Crippen molar-refractivity contribution in [3.63, 3.8) is 0 Å². The van der Waals surface area contributed by atoms with Crippen LogP contribution in [-0.2, 0) is 9.59 Å². The molecule has 2 saturated carbocycles. The second-order valence-corrected chi connectivity index (χ2v) is 8.32. The topological polar surface area (TPSA) is 58.2 Å². The molecule has 0 radical (unpaired) electrons. The molecule has 3 fully saturated rings. The smallest absolute Gasteiger partial charge is 0.220 e. The fourth-order valence-corrected chi connectivity index (χ4v) is 5.25. The average Bonchev–Trinajstić information content (AvgIpc) is 3.24. The summed E-state index contributed by atoms with van der Waals surface area (Å²) in [4.78, 5) is 24.4. The minimum atomic E-state index is -0.119. The molecule has 4 rings (SSSR count). The van der Waals surface area contributed by atoms with Gasteiger partial charge in [-0.2, -0.15) is 0 Å². The molecule has 2 bridgehead atoms. The highest BCUT2D eigenvalue weighted by atomic mass is 16.2. The van der Waals surface area contributed by atoms with Crippen LogP contribution < -0.4 is 10.6 Å². The molecule has 2 N–H and O–H groups in total. The molecule has 1 saturated heterocycles. The van der Waals surface area contributed by atoms with Crippen molar-refractivity contribution in [3.05, 3.63) is 35.9 Å². The van der Waals surface area contributed by atoms with E-state index in [9.17, 15) is 9.59 Å². The van der Waals surface area contributed by atoms with E-state index in [1.807, 2.05) is 30.3 Å². The lowest BCUT2D eigenvalue weighted by Gasteiger charge is -2.33. The number of hydrogen-bond acceptors (Lipinski definition) is 2. The molecule has 1 heterocycles. The number of carbonyl (C=O) groups is 2. The second-order valence-electron chi connectivity index (χ2n) is 8.32. The number of nitrogens with one attached hydrogen (secondary N) is 2. The van der Waals surface area contributed by atoms with Gasteiger partial charge in [0.25, 0.3) is 0 Å². The first-order valence-corrected chi connectivity index (χ1v) is 9.77. The average molecular weight is 340 g/mol. The van der Waals surface area contributed by atoms with Gasteiger partial charge in [-0.05, 0) is 61.8 Å². The third-order valence-corrected chi connectivity index (χ3v) is 6.68. The second kappa shape index (κ2) is 6.81. The summed E-state index contributed by atoms with van der Waals surface area (Å²) in [6, 6.07) is 9.83. The zero-order valence-corrected chi connectivity index (χ0v) is 14.8. The Morgan fingerprint density at radius 1 is 1.16 bits per heavy atom. The summed E-state index contributed by atoms with van der Waals surface area (Å²) in [6.07, 6.45) is 9.56. The van der Waals surface area contributed by atoms with Gasteiger partial charge in [0, 0.05) is 12.8 Å². The lowest BCUT2D eigenvalue weighted by atomic mass is 9.80. The third kappa shape index (κ3) is 3.58. The number of benzene rings is 1. The van der Waals surface area contributed by atoms with Crippen LogP contribution in [0.15, 0.2) is 30.3 Å². The lowest BCUT2D eigenvalue weighted by molar-refractivity contribution is -0.127. The van der Waals surface area contributed by atoms with Crippen molar-refractivity contribution in [2.45, 2.75) is 69.9 Å². The maximum absolute atomic E-state index is 12.6. The van der Waals surface area contributed by atoms with Gasteiger partial charge < -0.3 is 10.6 Å². The van der Waals surface area contributed by atoms with Crippen LogP contribution >= 0.6 is 0 Å². The Labute approximate surface area is 149 Å². The first-order chi connectivity index (χ1) is 12.1. The highest BCUT2D eigenvalue weighted by Gasteiger charge is 2.44. The molecule has 1 aromatic carbocycles. The Bertz CT molecular complexity index is 635. The number of rotatable bonds is 5. The summed E-state index contributed by atoms with van der Waals surface area (Å²) < 4.78 is 0. The quantitative estimate of drug-likeness (QED) is 0.862. The standard InChI is InChI=1S/C21H28N2O2/c24-18-7-6-17(20(23-18)16-4-2-1-3-5-16)22-19(25)10-13-21-11-8-15(14-21)9-12-21/h1-5,15,17,20H,6-14H2,(H,22,25)(H,23,24)/t15?,17-,20+,21?/m1/s1.